The number of carbonyl (C=O) groups is 1. The molecule has 3 N–H and O–H groups in total. The van der Waals surface area contributed by atoms with Crippen LogP contribution in [0.3, 0.4) is 0 Å². The van der Waals surface area contributed by atoms with Crippen LogP contribution in [-0.2, 0) is 19.7 Å². The molecule has 0 aromatic heterocycles. The molecular weight excluding hydrogens is 391 g/mol. The Hall–Kier alpha value is -1.05. The molecule has 2 saturated heterocycles. The molecule has 2 aliphatic heterocycles. The summed E-state index contributed by atoms with van der Waals surface area (Å²) in [6.07, 6.45) is 2.69. The summed E-state index contributed by atoms with van der Waals surface area (Å²) in [5.74, 6) is 0.707. The number of methoxy groups -OCH3 is 1. The lowest BCUT2D eigenvalue weighted by atomic mass is 9.73. The molecule has 2 atom stereocenters. The Morgan fingerprint density at radius 2 is 2.11 bits per heavy atom. The molecule has 1 aromatic rings. The molecule has 8 heteroatoms. The van der Waals surface area contributed by atoms with Gasteiger partial charge in [0.15, 0.2) is 0 Å². The Labute approximate surface area is 171 Å². The van der Waals surface area contributed by atoms with E-state index in [1.807, 2.05) is 18.2 Å². The zero-order valence-electron chi connectivity index (χ0n) is 15.5. The third kappa shape index (κ3) is 5.06. The first-order valence-electron chi connectivity index (χ1n) is 9.13. The van der Waals surface area contributed by atoms with Crippen molar-refractivity contribution in [2.24, 2.45) is 5.73 Å². The Bertz CT molecular complexity index is 638. The second kappa shape index (κ2) is 9.94. The number of carbonyl (C=O) groups excluding carboxylic acids is 1. The van der Waals surface area contributed by atoms with Gasteiger partial charge >= 0.3 is 0 Å². The smallest absolute Gasteiger partial charge is 0.249 e. The van der Waals surface area contributed by atoms with Crippen molar-refractivity contribution < 1.29 is 19.0 Å². The average Bonchev–Trinajstić information content (AvgIpc) is 3.16. The fourth-order valence-corrected chi connectivity index (χ4v) is 4.01. The van der Waals surface area contributed by atoms with Gasteiger partial charge in [0.05, 0.1) is 13.2 Å². The Kier molecular flexibility index (Phi) is 8.19. The van der Waals surface area contributed by atoms with E-state index < -0.39 is 6.10 Å². The highest BCUT2D eigenvalue weighted by atomic mass is 35.5. The minimum Gasteiger partial charge on any atom is -0.496 e. The number of benzene rings is 1. The third-order valence-corrected chi connectivity index (χ3v) is 5.68. The summed E-state index contributed by atoms with van der Waals surface area (Å²) in [5.41, 5.74) is 6.38. The molecule has 0 spiro atoms. The number of nitrogens with one attached hydrogen (secondary N) is 1. The fraction of sp³-hybridized carbons (Fsp3) is 0.632. The van der Waals surface area contributed by atoms with Crippen LogP contribution < -0.4 is 15.8 Å². The molecule has 2 heterocycles. The quantitative estimate of drug-likeness (QED) is 0.740. The molecule has 152 valence electrons. The predicted octanol–water partition coefficient (Wildman–Crippen LogP) is 2.44. The molecule has 1 aromatic carbocycles. The van der Waals surface area contributed by atoms with Crippen molar-refractivity contribution in [2.45, 2.75) is 43.3 Å². The van der Waals surface area contributed by atoms with Gasteiger partial charge in [-0.15, -0.1) is 12.4 Å². The molecule has 6 nitrogen and oxygen atoms in total. The van der Waals surface area contributed by atoms with E-state index in [0.29, 0.717) is 37.7 Å². The van der Waals surface area contributed by atoms with Crippen molar-refractivity contribution in [1.29, 1.82) is 0 Å². The highest BCUT2D eigenvalue weighted by Gasteiger charge is 2.38. The Morgan fingerprint density at radius 3 is 2.74 bits per heavy atom. The van der Waals surface area contributed by atoms with Gasteiger partial charge in [-0.25, -0.2) is 0 Å². The lowest BCUT2D eigenvalue weighted by Crippen LogP contribution is -2.47. The number of hydrogen-bond donors (Lipinski definition) is 2. The Balaban J connectivity index is 0.00000261. The molecule has 0 bridgehead atoms. The number of nitrogens with two attached hydrogens (primary N) is 1. The van der Waals surface area contributed by atoms with Gasteiger partial charge in [0.1, 0.15) is 11.9 Å². The van der Waals surface area contributed by atoms with Gasteiger partial charge in [-0.3, -0.25) is 4.79 Å². The summed E-state index contributed by atoms with van der Waals surface area (Å²) in [5, 5.41) is 3.75. The van der Waals surface area contributed by atoms with Gasteiger partial charge in [0.2, 0.25) is 5.91 Å². The van der Waals surface area contributed by atoms with Gasteiger partial charge in [0.25, 0.3) is 0 Å². The van der Waals surface area contributed by atoms with Crippen molar-refractivity contribution in [3.8, 4) is 5.75 Å². The SMILES string of the molecule is COc1ccc(Cl)cc1C1(CNC(=O)[C@@H]2CC[C@H](CN)O2)CCOCC1.Cl. The highest BCUT2D eigenvalue weighted by Crippen LogP contribution is 2.40. The summed E-state index contributed by atoms with van der Waals surface area (Å²) >= 11 is 6.25. The van der Waals surface area contributed by atoms with E-state index >= 15 is 0 Å². The first kappa shape index (κ1) is 22.2. The highest BCUT2D eigenvalue weighted by molar-refractivity contribution is 6.30. The fourth-order valence-electron chi connectivity index (χ4n) is 3.84. The summed E-state index contributed by atoms with van der Waals surface area (Å²) in [6.45, 7) is 2.23. The zero-order valence-corrected chi connectivity index (χ0v) is 17.1. The number of rotatable bonds is 6. The van der Waals surface area contributed by atoms with Crippen molar-refractivity contribution in [3.05, 3.63) is 28.8 Å². The molecule has 0 radical (unpaired) electrons. The van der Waals surface area contributed by atoms with E-state index in [4.69, 9.17) is 31.5 Å². The molecule has 2 aliphatic rings. The van der Waals surface area contributed by atoms with E-state index in [2.05, 4.69) is 5.32 Å². The van der Waals surface area contributed by atoms with Crippen LogP contribution in [0, 0.1) is 0 Å². The first-order chi connectivity index (χ1) is 12.6. The third-order valence-electron chi connectivity index (χ3n) is 5.45. The number of amides is 1. The van der Waals surface area contributed by atoms with Crippen LogP contribution in [0.4, 0.5) is 0 Å². The summed E-state index contributed by atoms with van der Waals surface area (Å²) in [6, 6.07) is 5.63. The maximum absolute atomic E-state index is 12.6. The van der Waals surface area contributed by atoms with Crippen LogP contribution in [0.5, 0.6) is 5.75 Å². The lowest BCUT2D eigenvalue weighted by molar-refractivity contribution is -0.132. The van der Waals surface area contributed by atoms with Crippen molar-refractivity contribution in [2.75, 3.05) is 33.4 Å². The molecule has 0 unspecified atom stereocenters. The van der Waals surface area contributed by atoms with Gasteiger partial charge in [-0.05, 0) is 43.9 Å². The van der Waals surface area contributed by atoms with Crippen LogP contribution in [0.15, 0.2) is 18.2 Å². The van der Waals surface area contributed by atoms with Crippen LogP contribution >= 0.6 is 24.0 Å². The molecule has 1 amide bonds. The molecular formula is C19H28Cl2N2O4. The summed E-state index contributed by atoms with van der Waals surface area (Å²) in [4.78, 5) is 12.6. The minimum atomic E-state index is -0.415. The van der Waals surface area contributed by atoms with Crippen LogP contribution in [0.2, 0.25) is 5.02 Å². The second-order valence-corrected chi connectivity index (χ2v) is 7.45. The van der Waals surface area contributed by atoms with E-state index in [1.54, 1.807) is 7.11 Å². The summed E-state index contributed by atoms with van der Waals surface area (Å²) < 4.78 is 16.8. The van der Waals surface area contributed by atoms with Gasteiger partial charge in [0, 0.05) is 42.3 Å². The first-order valence-corrected chi connectivity index (χ1v) is 9.51. The predicted molar refractivity (Wildman–Crippen MR) is 107 cm³/mol. The topological polar surface area (TPSA) is 82.8 Å². The molecule has 3 rings (SSSR count). The molecule has 27 heavy (non-hydrogen) atoms. The van der Waals surface area contributed by atoms with Gasteiger partial charge < -0.3 is 25.3 Å². The molecule has 0 saturated carbocycles. The zero-order chi connectivity index (χ0) is 18.6. The standard InChI is InChI=1S/C19H27ClN2O4.ClH/c1-24-16-4-2-13(20)10-15(16)19(6-8-25-9-7-19)12-22-18(23)17-5-3-14(11-21)26-17;/h2,4,10,14,17H,3,5-9,11-12,21H2,1H3,(H,22,23);1H/t14-,17+;/m1./s1. The summed E-state index contributed by atoms with van der Waals surface area (Å²) in [7, 11) is 1.65. The van der Waals surface area contributed by atoms with E-state index in [9.17, 15) is 4.79 Å². The number of hydrogen-bond acceptors (Lipinski definition) is 5. The van der Waals surface area contributed by atoms with Crippen LogP contribution in [-0.4, -0.2) is 51.5 Å². The minimum absolute atomic E-state index is 0. The van der Waals surface area contributed by atoms with Crippen molar-refractivity contribution in [1.82, 2.24) is 5.32 Å². The monoisotopic (exact) mass is 418 g/mol. The van der Waals surface area contributed by atoms with E-state index in [-0.39, 0.29) is 29.8 Å². The molecule has 2 fully saturated rings. The largest absolute Gasteiger partial charge is 0.496 e. The van der Waals surface area contributed by atoms with Crippen molar-refractivity contribution >= 4 is 29.9 Å². The van der Waals surface area contributed by atoms with Crippen molar-refractivity contribution in [3.63, 3.8) is 0 Å². The normalized spacial score (nSPS) is 24.1. The number of ether oxygens (including phenoxy) is 3. The van der Waals surface area contributed by atoms with Crippen LogP contribution in [0.1, 0.15) is 31.2 Å². The maximum Gasteiger partial charge on any atom is 0.249 e. The lowest BCUT2D eigenvalue weighted by Gasteiger charge is -2.39. The molecule has 0 aliphatic carbocycles. The number of halogens is 2. The van der Waals surface area contributed by atoms with E-state index in [0.717, 1.165) is 30.6 Å². The maximum atomic E-state index is 12.6. The van der Waals surface area contributed by atoms with E-state index in [1.165, 1.54) is 0 Å². The second-order valence-electron chi connectivity index (χ2n) is 7.01. The van der Waals surface area contributed by atoms with Gasteiger partial charge in [-0.1, -0.05) is 11.6 Å². The Morgan fingerprint density at radius 1 is 1.37 bits per heavy atom. The average molecular weight is 419 g/mol. The van der Waals surface area contributed by atoms with Crippen LogP contribution in [0.25, 0.3) is 0 Å². The van der Waals surface area contributed by atoms with Gasteiger partial charge in [-0.2, -0.15) is 0 Å².